The molecule has 0 saturated heterocycles. The minimum Gasteiger partial charge on any atom is -0.504 e. The molecule has 2 aromatic rings. The Kier molecular flexibility index (Phi) is 3.71. The molecule has 2 rings (SSSR count). The highest BCUT2D eigenvalue weighted by molar-refractivity contribution is 14.1. The van der Waals surface area contributed by atoms with Gasteiger partial charge in [0.25, 0.3) is 5.91 Å². The van der Waals surface area contributed by atoms with Gasteiger partial charge in [-0.2, -0.15) is 0 Å². The third kappa shape index (κ3) is 2.92. The lowest BCUT2D eigenvalue weighted by molar-refractivity contribution is 0.102. The van der Waals surface area contributed by atoms with Crippen LogP contribution in [-0.4, -0.2) is 16.1 Å². The van der Waals surface area contributed by atoms with Gasteiger partial charge in [0.1, 0.15) is 0 Å². The van der Waals surface area contributed by atoms with Crippen LogP contribution >= 0.6 is 22.6 Å². The van der Waals surface area contributed by atoms with Crippen LogP contribution in [0.15, 0.2) is 42.5 Å². The highest BCUT2D eigenvalue weighted by Crippen LogP contribution is 2.25. The van der Waals surface area contributed by atoms with Crippen molar-refractivity contribution < 1.29 is 15.0 Å². The molecule has 92 valence electrons. The SMILES string of the molecule is O=C(Nc1cccc(I)c1)c1ccc(O)c(O)c1. The molecule has 3 N–H and O–H groups in total. The Balaban J connectivity index is 2.19. The van der Waals surface area contributed by atoms with Crippen LogP contribution in [-0.2, 0) is 0 Å². The molecule has 0 radical (unpaired) electrons. The molecule has 2 aromatic carbocycles. The van der Waals surface area contributed by atoms with Crippen molar-refractivity contribution in [2.75, 3.05) is 5.32 Å². The second kappa shape index (κ2) is 5.26. The zero-order valence-corrected chi connectivity index (χ0v) is 11.4. The van der Waals surface area contributed by atoms with E-state index in [1.54, 1.807) is 6.07 Å². The lowest BCUT2D eigenvalue weighted by Crippen LogP contribution is -2.11. The van der Waals surface area contributed by atoms with Crippen LogP contribution in [0.5, 0.6) is 11.5 Å². The van der Waals surface area contributed by atoms with E-state index in [9.17, 15) is 9.90 Å². The topological polar surface area (TPSA) is 69.6 Å². The molecule has 0 aliphatic heterocycles. The summed E-state index contributed by atoms with van der Waals surface area (Å²) in [6, 6.07) is 11.3. The minimum absolute atomic E-state index is 0.249. The Morgan fingerprint density at radius 1 is 1.06 bits per heavy atom. The maximum absolute atomic E-state index is 11.9. The van der Waals surface area contributed by atoms with Crippen molar-refractivity contribution in [2.45, 2.75) is 0 Å². The molecule has 18 heavy (non-hydrogen) atoms. The van der Waals surface area contributed by atoms with Crippen molar-refractivity contribution in [3.05, 3.63) is 51.6 Å². The second-order valence-corrected chi connectivity index (χ2v) is 4.91. The van der Waals surface area contributed by atoms with E-state index < -0.39 is 0 Å². The number of carbonyl (C=O) groups is 1. The number of halogens is 1. The van der Waals surface area contributed by atoms with Crippen LogP contribution in [0.4, 0.5) is 5.69 Å². The van der Waals surface area contributed by atoms with Crippen LogP contribution in [0.1, 0.15) is 10.4 Å². The third-order valence-electron chi connectivity index (χ3n) is 2.32. The van der Waals surface area contributed by atoms with Crippen molar-refractivity contribution in [2.24, 2.45) is 0 Å². The number of nitrogens with one attached hydrogen (secondary N) is 1. The summed E-state index contributed by atoms with van der Waals surface area (Å²) in [4.78, 5) is 11.9. The summed E-state index contributed by atoms with van der Waals surface area (Å²) in [5.41, 5.74) is 0.962. The number of carbonyl (C=O) groups excluding carboxylic acids is 1. The molecule has 0 fully saturated rings. The standard InChI is InChI=1S/C13H10INO3/c14-9-2-1-3-10(7-9)15-13(18)8-4-5-11(16)12(17)6-8/h1-7,16-17H,(H,15,18). The van der Waals surface area contributed by atoms with Gasteiger partial charge in [0.2, 0.25) is 0 Å². The van der Waals surface area contributed by atoms with Gasteiger partial charge in [-0.3, -0.25) is 4.79 Å². The number of benzene rings is 2. The number of hydrogen-bond donors (Lipinski definition) is 3. The summed E-state index contributed by atoms with van der Waals surface area (Å²) in [7, 11) is 0. The van der Waals surface area contributed by atoms with Gasteiger partial charge in [-0.05, 0) is 59.0 Å². The van der Waals surface area contributed by atoms with Crippen molar-refractivity contribution >= 4 is 34.2 Å². The molecular formula is C13H10INO3. The average molecular weight is 355 g/mol. The Morgan fingerprint density at radius 3 is 2.50 bits per heavy atom. The number of hydrogen-bond acceptors (Lipinski definition) is 3. The monoisotopic (exact) mass is 355 g/mol. The summed E-state index contributed by atoms with van der Waals surface area (Å²) < 4.78 is 1.01. The number of rotatable bonds is 2. The van der Waals surface area contributed by atoms with Crippen molar-refractivity contribution in [1.29, 1.82) is 0 Å². The molecular weight excluding hydrogens is 345 g/mol. The predicted molar refractivity (Wildman–Crippen MR) is 76.9 cm³/mol. The van der Waals surface area contributed by atoms with Gasteiger partial charge < -0.3 is 15.5 Å². The van der Waals surface area contributed by atoms with E-state index in [1.165, 1.54) is 18.2 Å². The zero-order chi connectivity index (χ0) is 13.1. The number of phenols is 2. The molecule has 0 unspecified atom stereocenters. The Labute approximate surface area is 117 Å². The first-order chi connectivity index (χ1) is 8.56. The Bertz CT molecular complexity index is 599. The fourth-order valence-electron chi connectivity index (χ4n) is 1.43. The smallest absolute Gasteiger partial charge is 0.255 e. The predicted octanol–water partition coefficient (Wildman–Crippen LogP) is 2.95. The van der Waals surface area contributed by atoms with Crippen molar-refractivity contribution in [3.8, 4) is 11.5 Å². The van der Waals surface area contributed by atoms with Crippen LogP contribution in [0.2, 0.25) is 0 Å². The maximum atomic E-state index is 11.9. The highest BCUT2D eigenvalue weighted by atomic mass is 127. The molecule has 1 amide bonds. The first-order valence-corrected chi connectivity index (χ1v) is 6.23. The van der Waals surface area contributed by atoms with Crippen molar-refractivity contribution in [3.63, 3.8) is 0 Å². The van der Waals surface area contributed by atoms with E-state index in [2.05, 4.69) is 27.9 Å². The number of aromatic hydroxyl groups is 2. The molecule has 4 nitrogen and oxygen atoms in total. The van der Waals surface area contributed by atoms with E-state index in [0.29, 0.717) is 5.69 Å². The molecule has 0 aliphatic carbocycles. The fraction of sp³-hybridized carbons (Fsp3) is 0. The van der Waals surface area contributed by atoms with Crippen LogP contribution in [0, 0.1) is 3.57 Å². The van der Waals surface area contributed by atoms with Gasteiger partial charge in [-0.25, -0.2) is 0 Å². The minimum atomic E-state index is -0.340. The molecule has 0 bridgehead atoms. The van der Waals surface area contributed by atoms with Crippen molar-refractivity contribution in [1.82, 2.24) is 0 Å². The van der Waals surface area contributed by atoms with Gasteiger partial charge in [-0.15, -0.1) is 0 Å². The molecule has 0 heterocycles. The van der Waals surface area contributed by atoms with E-state index in [-0.39, 0.29) is 23.0 Å². The lowest BCUT2D eigenvalue weighted by atomic mass is 10.2. The first kappa shape index (κ1) is 12.7. The van der Waals surface area contributed by atoms with Gasteiger partial charge in [0.05, 0.1) is 0 Å². The normalized spacial score (nSPS) is 10.1. The molecule has 0 atom stereocenters. The third-order valence-corrected chi connectivity index (χ3v) is 2.99. The number of anilines is 1. The Hall–Kier alpha value is -1.76. The van der Waals surface area contributed by atoms with E-state index in [4.69, 9.17) is 5.11 Å². The largest absolute Gasteiger partial charge is 0.504 e. The van der Waals surface area contributed by atoms with E-state index >= 15 is 0 Å². The fourth-order valence-corrected chi connectivity index (χ4v) is 1.98. The van der Waals surface area contributed by atoms with E-state index in [1.807, 2.05) is 18.2 Å². The molecule has 5 heteroatoms. The van der Waals surface area contributed by atoms with Crippen LogP contribution < -0.4 is 5.32 Å². The van der Waals surface area contributed by atoms with E-state index in [0.717, 1.165) is 3.57 Å². The van der Waals surface area contributed by atoms with Gasteiger partial charge in [0, 0.05) is 14.8 Å². The molecule has 0 saturated carbocycles. The molecule has 0 spiro atoms. The Morgan fingerprint density at radius 2 is 1.83 bits per heavy atom. The lowest BCUT2D eigenvalue weighted by Gasteiger charge is -2.06. The summed E-state index contributed by atoms with van der Waals surface area (Å²) in [6.45, 7) is 0. The van der Waals surface area contributed by atoms with Gasteiger partial charge >= 0.3 is 0 Å². The number of phenolic OH excluding ortho intramolecular Hbond substituents is 2. The van der Waals surface area contributed by atoms with Crippen LogP contribution in [0.25, 0.3) is 0 Å². The number of amides is 1. The van der Waals surface area contributed by atoms with Gasteiger partial charge in [-0.1, -0.05) is 6.07 Å². The second-order valence-electron chi connectivity index (χ2n) is 3.67. The van der Waals surface area contributed by atoms with Crippen LogP contribution in [0.3, 0.4) is 0 Å². The first-order valence-electron chi connectivity index (χ1n) is 5.15. The average Bonchev–Trinajstić information content (AvgIpc) is 2.32. The summed E-state index contributed by atoms with van der Waals surface area (Å²) in [5, 5.41) is 21.2. The van der Waals surface area contributed by atoms with Gasteiger partial charge in [0.15, 0.2) is 11.5 Å². The molecule has 0 aliphatic rings. The maximum Gasteiger partial charge on any atom is 0.255 e. The summed E-state index contributed by atoms with van der Waals surface area (Å²) in [5.74, 6) is -0.904. The summed E-state index contributed by atoms with van der Waals surface area (Å²) >= 11 is 2.15. The zero-order valence-electron chi connectivity index (χ0n) is 9.22. The summed E-state index contributed by atoms with van der Waals surface area (Å²) in [6.07, 6.45) is 0. The highest BCUT2D eigenvalue weighted by Gasteiger charge is 2.09. The quantitative estimate of drug-likeness (QED) is 0.573. The molecule has 0 aromatic heterocycles.